The molecule has 2 atom stereocenters. The third kappa shape index (κ3) is 12.3. The number of hydrogen-bond donors (Lipinski definition) is 4. The Morgan fingerprint density at radius 2 is 0.906 bits per heavy atom. The summed E-state index contributed by atoms with van der Waals surface area (Å²) < 4.78 is 0. The second kappa shape index (κ2) is 22.2. The number of azo groups is 2. The summed E-state index contributed by atoms with van der Waals surface area (Å²) in [5.74, 6) is -4.04. The molecule has 330 valence electrons. The molecule has 0 radical (unpaired) electrons. The molecule has 5 rings (SSSR count). The number of amides is 4. The van der Waals surface area contributed by atoms with Gasteiger partial charge in [-0.25, -0.2) is 0 Å². The van der Waals surface area contributed by atoms with Gasteiger partial charge in [-0.3, -0.25) is 28.8 Å². The van der Waals surface area contributed by atoms with E-state index >= 15 is 0 Å². The van der Waals surface area contributed by atoms with E-state index in [2.05, 4.69) is 41.7 Å². The lowest BCUT2D eigenvalue weighted by atomic mass is 10.0. The van der Waals surface area contributed by atoms with Crippen molar-refractivity contribution in [3.8, 4) is 0 Å². The summed E-state index contributed by atoms with van der Waals surface area (Å²) in [6, 6.07) is 17.9. The van der Waals surface area contributed by atoms with Crippen LogP contribution in [0.3, 0.4) is 0 Å². The highest BCUT2D eigenvalue weighted by Gasteiger charge is 2.27. The molecule has 0 saturated heterocycles. The van der Waals surface area contributed by atoms with E-state index in [0.717, 1.165) is 0 Å². The van der Waals surface area contributed by atoms with E-state index in [0.29, 0.717) is 51.1 Å². The molecule has 20 heteroatoms. The van der Waals surface area contributed by atoms with Crippen molar-refractivity contribution in [1.82, 2.24) is 0 Å². The second-order valence-electron chi connectivity index (χ2n) is 13.8. The van der Waals surface area contributed by atoms with Gasteiger partial charge in [0.15, 0.2) is 11.6 Å². The largest absolute Gasteiger partial charge is 0.324 e. The monoisotopic (exact) mass is 982 g/mol. The SMILES string of the molecule is CCc1cc(NC(=O)C(N=Nc2cccc(C(=O)Nc3ccc(Cl)c(Cl)c3)c2Cl)C(C)=O)cc(CC)c1NC(=O)C(N=Nc1cccc(C(=O)Nc2ccc(Cl)c(Cl)c2)c1Cl)C(C)=O. The summed E-state index contributed by atoms with van der Waals surface area (Å²) in [6.45, 7) is 5.99. The van der Waals surface area contributed by atoms with Gasteiger partial charge in [0.25, 0.3) is 23.6 Å². The van der Waals surface area contributed by atoms with Crippen molar-refractivity contribution in [3.05, 3.63) is 137 Å². The highest BCUT2D eigenvalue weighted by molar-refractivity contribution is 6.43. The van der Waals surface area contributed by atoms with Crippen molar-refractivity contribution >= 4 is 139 Å². The summed E-state index contributed by atoms with van der Waals surface area (Å²) in [5.41, 5.74) is 2.68. The normalized spacial score (nSPS) is 12.2. The molecular formula is C44H36Cl6N8O6. The topological polar surface area (TPSA) is 200 Å². The Labute approximate surface area is 397 Å². The Hall–Kier alpha value is -5.74. The number of Topliss-reactive ketones (excluding diaryl/α,β-unsaturated/α-hetero) is 2. The zero-order chi connectivity index (χ0) is 46.8. The lowest BCUT2D eigenvalue weighted by molar-refractivity contribution is -0.127. The maximum absolute atomic E-state index is 13.7. The van der Waals surface area contributed by atoms with Crippen molar-refractivity contribution < 1.29 is 28.8 Å². The van der Waals surface area contributed by atoms with Crippen LogP contribution in [0.4, 0.5) is 34.1 Å². The zero-order valence-electron chi connectivity index (χ0n) is 34.2. The minimum atomic E-state index is -1.61. The Morgan fingerprint density at radius 1 is 0.500 bits per heavy atom. The molecule has 14 nitrogen and oxygen atoms in total. The Kier molecular flexibility index (Phi) is 17.1. The maximum Gasteiger partial charge on any atom is 0.258 e. The van der Waals surface area contributed by atoms with E-state index in [9.17, 15) is 28.8 Å². The molecule has 0 aromatic heterocycles. The number of hydrogen-bond acceptors (Lipinski definition) is 10. The molecule has 2 unspecified atom stereocenters. The maximum atomic E-state index is 13.7. The van der Waals surface area contributed by atoms with Crippen molar-refractivity contribution in [2.24, 2.45) is 20.5 Å². The minimum Gasteiger partial charge on any atom is -0.324 e. The van der Waals surface area contributed by atoms with E-state index in [-0.39, 0.29) is 48.3 Å². The molecular weight excluding hydrogens is 949 g/mol. The van der Waals surface area contributed by atoms with Crippen LogP contribution in [0.1, 0.15) is 59.5 Å². The fraction of sp³-hybridized carbons (Fsp3) is 0.182. The van der Waals surface area contributed by atoms with E-state index in [1.165, 1.54) is 74.5 Å². The first-order chi connectivity index (χ1) is 30.4. The van der Waals surface area contributed by atoms with Crippen LogP contribution in [0.25, 0.3) is 0 Å². The first-order valence-electron chi connectivity index (χ1n) is 19.1. The number of carbonyl (C=O) groups excluding carboxylic acids is 6. The molecule has 0 aliphatic heterocycles. The fourth-order valence-electron chi connectivity index (χ4n) is 5.93. The Balaban J connectivity index is 1.31. The molecule has 0 fully saturated rings. The summed E-state index contributed by atoms with van der Waals surface area (Å²) in [5, 5.41) is 27.9. The zero-order valence-corrected chi connectivity index (χ0v) is 38.7. The lowest BCUT2D eigenvalue weighted by Gasteiger charge is -2.19. The number of benzene rings is 5. The van der Waals surface area contributed by atoms with Gasteiger partial charge in [0.2, 0.25) is 12.1 Å². The molecule has 0 bridgehead atoms. The predicted octanol–water partition coefficient (Wildman–Crippen LogP) is 12.6. The van der Waals surface area contributed by atoms with Crippen LogP contribution < -0.4 is 21.3 Å². The molecule has 5 aromatic carbocycles. The lowest BCUT2D eigenvalue weighted by Crippen LogP contribution is -2.33. The van der Waals surface area contributed by atoms with Gasteiger partial charge in [0.05, 0.1) is 41.3 Å². The average Bonchev–Trinajstić information content (AvgIpc) is 3.24. The summed E-state index contributed by atoms with van der Waals surface area (Å²) >= 11 is 37.1. The van der Waals surface area contributed by atoms with Crippen molar-refractivity contribution in [1.29, 1.82) is 0 Å². The van der Waals surface area contributed by atoms with E-state index in [1.54, 1.807) is 24.3 Å². The molecule has 0 aliphatic carbocycles. The number of anilines is 4. The first kappa shape index (κ1) is 49.3. The molecule has 0 aliphatic rings. The molecule has 0 spiro atoms. The third-order valence-electron chi connectivity index (χ3n) is 9.21. The number of halogens is 6. The van der Waals surface area contributed by atoms with Gasteiger partial charge >= 0.3 is 0 Å². The van der Waals surface area contributed by atoms with Gasteiger partial charge in [-0.2, -0.15) is 20.5 Å². The Morgan fingerprint density at radius 3 is 1.28 bits per heavy atom. The molecule has 4 N–H and O–H groups in total. The van der Waals surface area contributed by atoms with Gasteiger partial charge in [0, 0.05) is 22.7 Å². The fourth-order valence-corrected chi connectivity index (χ4v) is 7.02. The summed E-state index contributed by atoms with van der Waals surface area (Å²) in [6.07, 6.45) is 0.739. The number of ketones is 2. The van der Waals surface area contributed by atoms with E-state index in [4.69, 9.17) is 69.6 Å². The minimum absolute atomic E-state index is 0.0212. The standard InChI is InChI=1S/C44H36Cl6N8O6/c1-5-23-17-27(53-43(63)38(21(3)59)57-55-34-11-7-9-28(36(34)49)41(61)51-25-13-15-30(45)32(47)19-25)18-24(6-2)40(23)54-44(64)39(22(4)60)58-56-35-12-8-10-29(37(35)50)42(62)52-26-14-16-31(46)33(48)20-26/h7-20,38-39H,5-6H2,1-4H3,(H,51,61)(H,52,62)(H,53,63)(H,54,64). The molecule has 0 saturated carbocycles. The van der Waals surface area contributed by atoms with Gasteiger partial charge in [0.1, 0.15) is 11.4 Å². The van der Waals surface area contributed by atoms with Crippen LogP contribution in [-0.2, 0) is 32.0 Å². The number of nitrogens with zero attached hydrogens (tertiary/aromatic N) is 4. The predicted molar refractivity (Wildman–Crippen MR) is 252 cm³/mol. The van der Waals surface area contributed by atoms with Crippen LogP contribution >= 0.6 is 69.6 Å². The molecule has 64 heavy (non-hydrogen) atoms. The van der Waals surface area contributed by atoms with Crippen molar-refractivity contribution in [2.45, 2.75) is 52.6 Å². The Bertz CT molecular complexity index is 2720. The van der Waals surface area contributed by atoms with Crippen LogP contribution in [0.2, 0.25) is 30.1 Å². The average molecular weight is 986 g/mol. The van der Waals surface area contributed by atoms with Crippen LogP contribution in [0.15, 0.2) is 105 Å². The second-order valence-corrected chi connectivity index (χ2v) is 16.1. The molecule has 5 aromatic rings. The molecule has 4 amide bonds. The highest BCUT2D eigenvalue weighted by atomic mass is 35.5. The van der Waals surface area contributed by atoms with Crippen LogP contribution in [-0.4, -0.2) is 47.3 Å². The number of carbonyl (C=O) groups is 6. The number of rotatable bonds is 16. The third-order valence-corrected chi connectivity index (χ3v) is 11.5. The first-order valence-corrected chi connectivity index (χ1v) is 21.4. The van der Waals surface area contributed by atoms with Crippen molar-refractivity contribution in [3.63, 3.8) is 0 Å². The van der Waals surface area contributed by atoms with Crippen LogP contribution in [0, 0.1) is 0 Å². The summed E-state index contributed by atoms with van der Waals surface area (Å²) in [4.78, 5) is 78.7. The number of aryl methyl sites for hydroxylation is 2. The summed E-state index contributed by atoms with van der Waals surface area (Å²) in [7, 11) is 0. The van der Waals surface area contributed by atoms with Crippen LogP contribution in [0.5, 0.6) is 0 Å². The van der Waals surface area contributed by atoms with Crippen molar-refractivity contribution in [2.75, 3.05) is 21.3 Å². The van der Waals surface area contributed by atoms with Gasteiger partial charge in [-0.15, -0.1) is 0 Å². The van der Waals surface area contributed by atoms with Gasteiger partial charge in [-0.05, 0) is 111 Å². The molecule has 0 heterocycles. The smallest absolute Gasteiger partial charge is 0.258 e. The van der Waals surface area contributed by atoms with Gasteiger partial charge in [-0.1, -0.05) is 95.6 Å². The quantitative estimate of drug-likeness (QED) is 0.0560. The van der Waals surface area contributed by atoms with E-state index < -0.39 is 47.3 Å². The number of nitrogens with one attached hydrogen (secondary N) is 4. The highest BCUT2D eigenvalue weighted by Crippen LogP contribution is 2.34. The van der Waals surface area contributed by atoms with Gasteiger partial charge < -0.3 is 21.3 Å². The van der Waals surface area contributed by atoms with E-state index in [1.807, 2.05) is 13.8 Å².